The van der Waals surface area contributed by atoms with E-state index in [1.807, 2.05) is 26.0 Å². The van der Waals surface area contributed by atoms with Crippen molar-refractivity contribution in [3.63, 3.8) is 0 Å². The fourth-order valence-corrected chi connectivity index (χ4v) is 4.52. The Balaban J connectivity index is 1.46. The number of aryl methyl sites for hydroxylation is 1. The maximum atomic E-state index is 13.2. The van der Waals surface area contributed by atoms with Gasteiger partial charge in [-0.15, -0.1) is 0 Å². The van der Waals surface area contributed by atoms with Gasteiger partial charge in [-0.25, -0.2) is 4.79 Å². The van der Waals surface area contributed by atoms with Crippen LogP contribution in [0, 0.1) is 6.92 Å². The zero-order chi connectivity index (χ0) is 24.9. The summed E-state index contributed by atoms with van der Waals surface area (Å²) in [5.41, 5.74) is 2.82. The Kier molecular flexibility index (Phi) is 7.90. The van der Waals surface area contributed by atoms with Crippen LogP contribution in [-0.4, -0.2) is 67.8 Å². The first-order chi connectivity index (χ1) is 16.9. The summed E-state index contributed by atoms with van der Waals surface area (Å²) >= 11 is 5.93. The van der Waals surface area contributed by atoms with E-state index < -0.39 is 6.04 Å². The van der Waals surface area contributed by atoms with Crippen molar-refractivity contribution in [1.82, 2.24) is 4.90 Å². The van der Waals surface area contributed by atoms with E-state index in [4.69, 9.17) is 21.1 Å². The van der Waals surface area contributed by atoms with Crippen molar-refractivity contribution in [2.45, 2.75) is 32.4 Å². The molecule has 0 saturated carbocycles. The highest BCUT2D eigenvalue weighted by atomic mass is 35.5. The largest absolute Gasteiger partial charge is 0.377 e. The lowest BCUT2D eigenvalue weighted by Crippen LogP contribution is -2.45. The third-order valence-electron chi connectivity index (χ3n) is 6.07. The normalized spacial score (nSPS) is 20.1. The Hall–Kier alpha value is -3.14. The number of carbonyl (C=O) groups is 3. The minimum atomic E-state index is -0.695. The fraction of sp³-hybridized carbons (Fsp3) is 0.400. The smallest absolute Gasteiger partial charge is 0.322 e. The number of benzene rings is 2. The molecule has 2 N–H and O–H groups in total. The standard InChI is InChI=1S/C25H29ClN4O5/c1-3-35-20-13-22(30(14-20)25(33)28-18-6-4-17(26)5-7-18)24(32)27-19-8-9-21(16(2)12-19)29-10-11-34-15-23(29)31/h4-9,12,20,22H,3,10-11,13-15H2,1-2H3,(H,27,32)(H,28,33)/t20-,22-/m1/s1. The molecule has 0 spiro atoms. The third kappa shape index (κ3) is 5.93. The number of hydrogen-bond acceptors (Lipinski definition) is 5. The van der Waals surface area contributed by atoms with Crippen LogP contribution in [0.1, 0.15) is 18.9 Å². The number of anilines is 3. The molecule has 0 aromatic heterocycles. The van der Waals surface area contributed by atoms with Crippen LogP contribution >= 0.6 is 11.6 Å². The minimum Gasteiger partial charge on any atom is -0.377 e. The summed E-state index contributed by atoms with van der Waals surface area (Å²) in [6.07, 6.45) is 0.163. The first-order valence-corrected chi connectivity index (χ1v) is 12.0. The van der Waals surface area contributed by atoms with Gasteiger partial charge in [-0.3, -0.25) is 9.59 Å². The lowest BCUT2D eigenvalue weighted by molar-refractivity contribution is -0.125. The second-order valence-electron chi connectivity index (χ2n) is 8.51. The Labute approximate surface area is 209 Å². The van der Waals surface area contributed by atoms with Crippen molar-refractivity contribution in [1.29, 1.82) is 0 Å². The van der Waals surface area contributed by atoms with Crippen LogP contribution in [0.4, 0.5) is 21.9 Å². The lowest BCUT2D eigenvalue weighted by Gasteiger charge is -2.28. The Morgan fingerprint density at radius 2 is 1.89 bits per heavy atom. The highest BCUT2D eigenvalue weighted by molar-refractivity contribution is 6.30. The van der Waals surface area contributed by atoms with E-state index in [1.54, 1.807) is 35.2 Å². The molecule has 2 aromatic rings. The molecule has 0 unspecified atom stereocenters. The van der Waals surface area contributed by atoms with Crippen LogP contribution in [0.2, 0.25) is 5.02 Å². The first kappa shape index (κ1) is 25.0. The molecule has 2 aliphatic rings. The number of nitrogens with one attached hydrogen (secondary N) is 2. The van der Waals surface area contributed by atoms with E-state index in [9.17, 15) is 14.4 Å². The fourth-order valence-electron chi connectivity index (χ4n) is 4.39. The molecule has 10 heteroatoms. The number of likely N-dealkylation sites (tertiary alicyclic amines) is 1. The summed E-state index contributed by atoms with van der Waals surface area (Å²) < 4.78 is 10.9. The van der Waals surface area contributed by atoms with Gasteiger partial charge in [-0.05, 0) is 61.9 Å². The average Bonchev–Trinajstić information content (AvgIpc) is 3.26. The summed E-state index contributed by atoms with van der Waals surface area (Å²) in [5, 5.41) is 6.31. The van der Waals surface area contributed by atoms with Gasteiger partial charge in [-0.2, -0.15) is 0 Å². The molecular formula is C25H29ClN4O5. The Morgan fingerprint density at radius 1 is 1.14 bits per heavy atom. The number of carbonyl (C=O) groups excluding carboxylic acids is 3. The second kappa shape index (κ2) is 11.1. The van der Waals surface area contributed by atoms with Crippen LogP contribution in [0.3, 0.4) is 0 Å². The van der Waals surface area contributed by atoms with Gasteiger partial charge in [-0.1, -0.05) is 11.6 Å². The van der Waals surface area contributed by atoms with E-state index in [2.05, 4.69) is 10.6 Å². The van der Waals surface area contributed by atoms with Crippen LogP contribution in [0.5, 0.6) is 0 Å². The predicted octanol–water partition coefficient (Wildman–Crippen LogP) is 3.66. The van der Waals surface area contributed by atoms with Gasteiger partial charge in [0.2, 0.25) is 5.91 Å². The van der Waals surface area contributed by atoms with Gasteiger partial charge in [0.15, 0.2) is 0 Å². The van der Waals surface area contributed by atoms with Crippen molar-refractivity contribution in [2.24, 2.45) is 0 Å². The van der Waals surface area contributed by atoms with Crippen LogP contribution in [-0.2, 0) is 19.1 Å². The number of amides is 4. The summed E-state index contributed by atoms with van der Waals surface area (Å²) in [6, 6.07) is 11.1. The molecule has 2 aromatic carbocycles. The predicted molar refractivity (Wildman–Crippen MR) is 134 cm³/mol. The SMILES string of the molecule is CCO[C@@H]1C[C@H](C(=O)Nc2ccc(N3CCOCC3=O)c(C)c2)N(C(=O)Nc2ccc(Cl)cc2)C1. The molecule has 2 atom stereocenters. The van der Waals surface area contributed by atoms with Gasteiger partial charge in [0, 0.05) is 48.2 Å². The Morgan fingerprint density at radius 3 is 2.57 bits per heavy atom. The number of nitrogens with zero attached hydrogens (tertiary/aromatic N) is 2. The van der Waals surface area contributed by atoms with Crippen LogP contribution < -0.4 is 15.5 Å². The van der Waals surface area contributed by atoms with Crippen molar-refractivity contribution in [2.75, 3.05) is 48.4 Å². The minimum absolute atomic E-state index is 0.0640. The average molecular weight is 501 g/mol. The number of rotatable bonds is 6. The molecule has 0 radical (unpaired) electrons. The highest BCUT2D eigenvalue weighted by Crippen LogP contribution is 2.27. The molecule has 2 saturated heterocycles. The quantitative estimate of drug-likeness (QED) is 0.630. The van der Waals surface area contributed by atoms with Gasteiger partial charge in [0.05, 0.1) is 12.7 Å². The first-order valence-electron chi connectivity index (χ1n) is 11.6. The van der Waals surface area contributed by atoms with Crippen molar-refractivity contribution < 1.29 is 23.9 Å². The monoisotopic (exact) mass is 500 g/mol. The van der Waals surface area contributed by atoms with E-state index >= 15 is 0 Å². The van der Waals surface area contributed by atoms with Crippen molar-refractivity contribution >= 4 is 46.5 Å². The number of hydrogen-bond donors (Lipinski definition) is 2. The summed E-state index contributed by atoms with van der Waals surface area (Å²) in [7, 11) is 0. The number of urea groups is 1. The van der Waals surface area contributed by atoms with E-state index in [-0.39, 0.29) is 30.6 Å². The summed E-state index contributed by atoms with van der Waals surface area (Å²) in [6.45, 7) is 5.61. The van der Waals surface area contributed by atoms with E-state index in [0.717, 1.165) is 11.3 Å². The summed E-state index contributed by atoms with van der Waals surface area (Å²) in [4.78, 5) is 41.6. The maximum Gasteiger partial charge on any atom is 0.322 e. The topological polar surface area (TPSA) is 100 Å². The molecule has 9 nitrogen and oxygen atoms in total. The lowest BCUT2D eigenvalue weighted by atomic mass is 10.1. The molecule has 2 fully saturated rings. The van der Waals surface area contributed by atoms with Gasteiger partial charge in [0.1, 0.15) is 12.6 Å². The molecule has 2 heterocycles. The number of ether oxygens (including phenoxy) is 2. The van der Waals surface area contributed by atoms with Crippen molar-refractivity contribution in [3.8, 4) is 0 Å². The molecule has 4 amide bonds. The van der Waals surface area contributed by atoms with Crippen LogP contribution in [0.25, 0.3) is 0 Å². The zero-order valence-corrected chi connectivity index (χ0v) is 20.5. The molecule has 186 valence electrons. The number of halogens is 1. The molecule has 0 aliphatic carbocycles. The van der Waals surface area contributed by atoms with Crippen LogP contribution in [0.15, 0.2) is 42.5 Å². The maximum absolute atomic E-state index is 13.2. The second-order valence-corrected chi connectivity index (χ2v) is 8.94. The van der Waals surface area contributed by atoms with E-state index in [1.165, 1.54) is 4.90 Å². The van der Waals surface area contributed by atoms with Gasteiger partial charge >= 0.3 is 6.03 Å². The number of morpholine rings is 1. The van der Waals surface area contributed by atoms with Gasteiger partial charge < -0.3 is 29.9 Å². The molecule has 4 rings (SSSR count). The Bertz CT molecular complexity index is 1090. The van der Waals surface area contributed by atoms with Gasteiger partial charge in [0.25, 0.3) is 5.91 Å². The third-order valence-corrected chi connectivity index (χ3v) is 6.32. The van der Waals surface area contributed by atoms with Crippen molar-refractivity contribution in [3.05, 3.63) is 53.1 Å². The van der Waals surface area contributed by atoms with E-state index in [0.29, 0.717) is 49.1 Å². The molecule has 2 aliphatic heterocycles. The molecule has 35 heavy (non-hydrogen) atoms. The summed E-state index contributed by atoms with van der Waals surface area (Å²) in [5.74, 6) is -0.389. The zero-order valence-electron chi connectivity index (χ0n) is 19.8. The molecule has 0 bridgehead atoms. The molecular weight excluding hydrogens is 472 g/mol. The highest BCUT2D eigenvalue weighted by Gasteiger charge is 2.40.